The Bertz CT molecular complexity index is 2440. The summed E-state index contributed by atoms with van der Waals surface area (Å²) in [7, 11) is 0. The van der Waals surface area contributed by atoms with Gasteiger partial charge in [-0.1, -0.05) is 111 Å². The van der Waals surface area contributed by atoms with E-state index in [9.17, 15) is 0 Å². The predicted octanol–water partition coefficient (Wildman–Crippen LogP) is 13.2. The van der Waals surface area contributed by atoms with Crippen molar-refractivity contribution < 1.29 is 0 Å². The van der Waals surface area contributed by atoms with E-state index >= 15 is 0 Å². The fourth-order valence-corrected chi connectivity index (χ4v) is 8.81. The number of hydrogen-bond donors (Lipinski definition) is 1. The molecule has 3 heteroatoms. The van der Waals surface area contributed by atoms with Crippen LogP contribution in [0.25, 0.3) is 31.3 Å². The largest absolute Gasteiger partial charge is 0.355 e. The van der Waals surface area contributed by atoms with E-state index in [4.69, 9.17) is 0 Å². The Kier molecular flexibility index (Phi) is 7.10. The van der Waals surface area contributed by atoms with E-state index in [1.807, 2.05) is 11.3 Å². The average molecular weight is 649 g/mol. The SMILES string of the molecule is CC1(C)c2ccccc2-c2ccc(Nc3cc(Cc4ccc5c(c4)sc4ccccc45)cc(N(c4ccccc4)c4ccccc4)c3)cc21. The Morgan fingerprint density at radius 1 is 0.490 bits per heavy atom. The number of nitrogens with zero attached hydrogens (tertiary/aromatic N) is 1. The molecule has 0 radical (unpaired) electrons. The molecule has 236 valence electrons. The normalized spacial score (nSPS) is 12.9. The molecule has 7 aromatic carbocycles. The van der Waals surface area contributed by atoms with Gasteiger partial charge in [-0.05, 0) is 107 Å². The van der Waals surface area contributed by atoms with Crippen LogP contribution in [0.3, 0.4) is 0 Å². The molecule has 1 aliphatic carbocycles. The quantitative estimate of drug-likeness (QED) is 0.185. The summed E-state index contributed by atoms with van der Waals surface area (Å²) in [6.45, 7) is 4.68. The van der Waals surface area contributed by atoms with E-state index in [1.54, 1.807) is 0 Å². The zero-order valence-electron chi connectivity index (χ0n) is 27.7. The van der Waals surface area contributed by atoms with E-state index in [-0.39, 0.29) is 5.41 Å². The third-order valence-corrected chi connectivity index (χ3v) is 11.1. The highest BCUT2D eigenvalue weighted by molar-refractivity contribution is 7.25. The number of para-hydroxylation sites is 2. The van der Waals surface area contributed by atoms with Crippen LogP contribution in [0.5, 0.6) is 0 Å². The summed E-state index contributed by atoms with van der Waals surface area (Å²) < 4.78 is 2.68. The first-order valence-corrected chi connectivity index (χ1v) is 17.8. The average Bonchev–Trinajstić information content (AvgIpc) is 3.61. The maximum absolute atomic E-state index is 3.85. The minimum Gasteiger partial charge on any atom is -0.355 e. The second-order valence-electron chi connectivity index (χ2n) is 13.6. The van der Waals surface area contributed by atoms with Gasteiger partial charge in [0.1, 0.15) is 0 Å². The number of rotatable bonds is 7. The van der Waals surface area contributed by atoms with Gasteiger partial charge in [-0.25, -0.2) is 0 Å². The summed E-state index contributed by atoms with van der Waals surface area (Å²) in [6, 6.07) is 59.7. The Morgan fingerprint density at radius 2 is 1.16 bits per heavy atom. The van der Waals surface area contributed by atoms with E-state index < -0.39 is 0 Å². The van der Waals surface area contributed by atoms with Crippen molar-refractivity contribution >= 4 is 59.9 Å². The van der Waals surface area contributed by atoms with Gasteiger partial charge in [0, 0.05) is 54.0 Å². The van der Waals surface area contributed by atoms with Crippen molar-refractivity contribution in [2.45, 2.75) is 25.7 Å². The van der Waals surface area contributed by atoms with Crippen LogP contribution in [0.1, 0.15) is 36.1 Å². The van der Waals surface area contributed by atoms with Crippen molar-refractivity contribution in [3.05, 3.63) is 186 Å². The van der Waals surface area contributed by atoms with Crippen molar-refractivity contribution in [3.8, 4) is 11.1 Å². The van der Waals surface area contributed by atoms with E-state index in [1.165, 1.54) is 53.6 Å². The zero-order valence-corrected chi connectivity index (χ0v) is 28.5. The molecule has 1 aromatic heterocycles. The lowest BCUT2D eigenvalue weighted by molar-refractivity contribution is 0.660. The van der Waals surface area contributed by atoms with Gasteiger partial charge in [0.15, 0.2) is 0 Å². The molecule has 1 heterocycles. The van der Waals surface area contributed by atoms with Crippen LogP contribution in [-0.4, -0.2) is 0 Å². The first kappa shape index (κ1) is 29.5. The lowest BCUT2D eigenvalue weighted by Crippen LogP contribution is -2.15. The highest BCUT2D eigenvalue weighted by atomic mass is 32.1. The molecule has 0 fully saturated rings. The number of hydrogen-bond acceptors (Lipinski definition) is 3. The maximum Gasteiger partial charge on any atom is 0.0485 e. The summed E-state index contributed by atoms with van der Waals surface area (Å²) in [5.41, 5.74) is 13.5. The van der Waals surface area contributed by atoms with Gasteiger partial charge in [0.05, 0.1) is 0 Å². The van der Waals surface area contributed by atoms with Crippen LogP contribution in [0.2, 0.25) is 0 Å². The third-order valence-electron chi connectivity index (χ3n) is 9.99. The first-order valence-electron chi connectivity index (χ1n) is 17.0. The highest BCUT2D eigenvalue weighted by Gasteiger charge is 2.35. The standard InChI is InChI=1S/C46H36N2S/c1-46(2)42-19-11-9-17-38(42)39-24-22-33(30-43(39)46)47-34-26-32(25-31-21-23-41-40-18-10-12-20-44(40)49-45(41)28-31)27-37(29-34)48(35-13-5-3-6-14-35)36-15-7-4-8-16-36/h3-24,26-30,47H,25H2,1-2H3. The number of anilines is 5. The summed E-state index contributed by atoms with van der Waals surface area (Å²) in [4.78, 5) is 2.35. The van der Waals surface area contributed by atoms with Crippen molar-refractivity contribution in [1.29, 1.82) is 0 Å². The predicted molar refractivity (Wildman–Crippen MR) is 211 cm³/mol. The molecule has 0 spiro atoms. The number of fused-ring (bicyclic) bond motifs is 6. The molecule has 0 atom stereocenters. The Labute approximate surface area is 291 Å². The van der Waals surface area contributed by atoms with Crippen LogP contribution in [0.4, 0.5) is 28.4 Å². The Hall–Kier alpha value is -5.64. The van der Waals surface area contributed by atoms with Crippen LogP contribution in [0.15, 0.2) is 164 Å². The Balaban J connectivity index is 1.14. The van der Waals surface area contributed by atoms with E-state index in [2.05, 4.69) is 188 Å². The van der Waals surface area contributed by atoms with Crippen molar-refractivity contribution in [2.24, 2.45) is 0 Å². The van der Waals surface area contributed by atoms with Gasteiger partial charge >= 0.3 is 0 Å². The summed E-state index contributed by atoms with van der Waals surface area (Å²) in [6.07, 6.45) is 0.830. The molecule has 0 amide bonds. The molecule has 1 N–H and O–H groups in total. The van der Waals surface area contributed by atoms with Crippen LogP contribution >= 0.6 is 11.3 Å². The fraction of sp³-hybridized carbons (Fsp3) is 0.0870. The van der Waals surface area contributed by atoms with Crippen LogP contribution in [-0.2, 0) is 11.8 Å². The van der Waals surface area contributed by atoms with E-state index in [0.29, 0.717) is 0 Å². The van der Waals surface area contributed by atoms with Gasteiger partial charge in [-0.15, -0.1) is 11.3 Å². The van der Waals surface area contributed by atoms with Crippen LogP contribution < -0.4 is 10.2 Å². The number of nitrogens with one attached hydrogen (secondary N) is 1. The van der Waals surface area contributed by atoms with Crippen molar-refractivity contribution in [1.82, 2.24) is 0 Å². The lowest BCUT2D eigenvalue weighted by Gasteiger charge is -2.27. The van der Waals surface area contributed by atoms with Gasteiger partial charge in [0.2, 0.25) is 0 Å². The minimum atomic E-state index is -0.0563. The summed E-state index contributed by atoms with van der Waals surface area (Å²) in [5, 5.41) is 6.52. The van der Waals surface area contributed by atoms with Gasteiger partial charge in [0.25, 0.3) is 0 Å². The van der Waals surface area contributed by atoms with Crippen LogP contribution in [0, 0.1) is 0 Å². The molecule has 49 heavy (non-hydrogen) atoms. The number of benzene rings is 7. The molecule has 0 unspecified atom stereocenters. The van der Waals surface area contributed by atoms with E-state index in [0.717, 1.165) is 34.9 Å². The molecule has 0 aliphatic heterocycles. The van der Waals surface area contributed by atoms with Crippen molar-refractivity contribution in [2.75, 3.05) is 10.2 Å². The summed E-state index contributed by atoms with van der Waals surface area (Å²) in [5.74, 6) is 0. The topological polar surface area (TPSA) is 15.3 Å². The molecule has 0 saturated heterocycles. The fourth-order valence-electron chi connectivity index (χ4n) is 7.64. The third kappa shape index (κ3) is 5.28. The Morgan fingerprint density at radius 3 is 1.96 bits per heavy atom. The maximum atomic E-state index is 3.85. The smallest absolute Gasteiger partial charge is 0.0485 e. The monoisotopic (exact) mass is 648 g/mol. The molecule has 9 rings (SSSR count). The molecular weight excluding hydrogens is 613 g/mol. The molecular formula is C46H36N2S. The molecule has 2 nitrogen and oxygen atoms in total. The summed E-state index contributed by atoms with van der Waals surface area (Å²) >= 11 is 1.88. The van der Waals surface area contributed by atoms with Crippen molar-refractivity contribution in [3.63, 3.8) is 0 Å². The lowest BCUT2D eigenvalue weighted by atomic mass is 9.82. The molecule has 1 aliphatic rings. The zero-order chi connectivity index (χ0) is 33.0. The number of thiophene rings is 1. The second-order valence-corrected chi connectivity index (χ2v) is 14.6. The molecule has 0 saturated carbocycles. The molecule has 0 bridgehead atoms. The first-order chi connectivity index (χ1) is 24.0. The minimum absolute atomic E-state index is 0.0563. The van der Waals surface area contributed by atoms with Gasteiger partial charge < -0.3 is 10.2 Å². The highest BCUT2D eigenvalue weighted by Crippen LogP contribution is 2.49. The second kappa shape index (κ2) is 11.8. The van der Waals surface area contributed by atoms with Gasteiger partial charge in [-0.3, -0.25) is 0 Å². The van der Waals surface area contributed by atoms with Gasteiger partial charge in [-0.2, -0.15) is 0 Å². The molecule has 8 aromatic rings.